The van der Waals surface area contributed by atoms with Crippen molar-refractivity contribution >= 4 is 27.5 Å². The van der Waals surface area contributed by atoms with Gasteiger partial charge >= 0.3 is 0 Å². The number of nitrogens with zero attached hydrogens (tertiary/aromatic N) is 2. The number of para-hydroxylation sites is 1. The number of amides is 1. The van der Waals surface area contributed by atoms with Crippen molar-refractivity contribution in [3.05, 3.63) is 29.3 Å². The summed E-state index contributed by atoms with van der Waals surface area (Å²) in [5.41, 5.74) is 1.10. The van der Waals surface area contributed by atoms with Crippen molar-refractivity contribution in [3.63, 3.8) is 0 Å². The Balaban J connectivity index is 1.40. The number of carbonyl (C=O) groups excluding carboxylic acids is 1. The molecule has 0 aliphatic carbocycles. The Morgan fingerprint density at radius 3 is 3.04 bits per heavy atom. The van der Waals surface area contributed by atoms with Gasteiger partial charge in [0.2, 0.25) is 0 Å². The van der Waals surface area contributed by atoms with Crippen LogP contribution in [0.25, 0.3) is 10.2 Å². The molecule has 0 bridgehead atoms. The van der Waals surface area contributed by atoms with Gasteiger partial charge in [-0.3, -0.25) is 4.79 Å². The molecule has 4 nitrogen and oxygen atoms in total. The highest BCUT2D eigenvalue weighted by Crippen LogP contribution is 2.32. The molecule has 1 unspecified atom stereocenters. The predicted molar refractivity (Wildman–Crippen MR) is 102 cm³/mol. The lowest BCUT2D eigenvalue weighted by atomic mass is 9.98. The Morgan fingerprint density at radius 2 is 2.20 bits per heavy atom. The van der Waals surface area contributed by atoms with Gasteiger partial charge in [-0.15, -0.1) is 11.3 Å². The molecule has 3 atom stereocenters. The van der Waals surface area contributed by atoms with Gasteiger partial charge in [-0.05, 0) is 37.8 Å². The molecule has 2 aliphatic heterocycles. The third kappa shape index (κ3) is 3.87. The van der Waals surface area contributed by atoms with E-state index < -0.39 is 0 Å². The van der Waals surface area contributed by atoms with Gasteiger partial charge in [0.05, 0.1) is 28.3 Å². The normalized spacial score (nSPS) is 27.6. The maximum Gasteiger partial charge on any atom is 0.277 e. The van der Waals surface area contributed by atoms with E-state index in [1.165, 1.54) is 27.4 Å². The highest BCUT2D eigenvalue weighted by Gasteiger charge is 2.30. The van der Waals surface area contributed by atoms with Crippen molar-refractivity contribution in [2.24, 2.45) is 5.92 Å². The molecule has 2 saturated heterocycles. The minimum atomic E-state index is 0.343. The van der Waals surface area contributed by atoms with Crippen molar-refractivity contribution in [1.82, 2.24) is 9.88 Å². The van der Waals surface area contributed by atoms with E-state index in [0.29, 0.717) is 18.4 Å². The standard InChI is InChI=1S/C20H27N3OS/c1-15-6-4-10-22(12-15)14-19(24)23-11-5-7-16(13-23)20-21-17-8-2-3-9-18(17)25-20/h2-3,8-9,15-16H,4-7,10-14H2,1H3/p+1/t15-,16-/m0/s1. The Morgan fingerprint density at radius 1 is 1.32 bits per heavy atom. The minimum Gasteiger partial charge on any atom is -0.337 e. The molecule has 5 heteroatoms. The summed E-state index contributed by atoms with van der Waals surface area (Å²) in [6, 6.07) is 8.35. The second-order valence-electron chi connectivity index (χ2n) is 7.83. The van der Waals surface area contributed by atoms with Crippen LogP contribution in [0.5, 0.6) is 0 Å². The zero-order chi connectivity index (χ0) is 17.2. The maximum absolute atomic E-state index is 12.8. The van der Waals surface area contributed by atoms with E-state index >= 15 is 0 Å². The number of nitrogens with one attached hydrogen (secondary N) is 1. The Hall–Kier alpha value is -1.46. The predicted octanol–water partition coefficient (Wildman–Crippen LogP) is 2.32. The fourth-order valence-corrected chi connectivity index (χ4v) is 5.45. The summed E-state index contributed by atoms with van der Waals surface area (Å²) in [6.45, 7) is 7.07. The third-order valence-electron chi connectivity index (χ3n) is 5.70. The highest BCUT2D eigenvalue weighted by molar-refractivity contribution is 7.18. The lowest BCUT2D eigenvalue weighted by Crippen LogP contribution is -3.14. The first-order chi connectivity index (χ1) is 12.2. The van der Waals surface area contributed by atoms with Crippen molar-refractivity contribution in [2.75, 3.05) is 32.7 Å². The lowest BCUT2D eigenvalue weighted by molar-refractivity contribution is -0.900. The Bertz CT molecular complexity index is 710. The maximum atomic E-state index is 12.8. The van der Waals surface area contributed by atoms with Crippen molar-refractivity contribution in [2.45, 2.75) is 38.5 Å². The average Bonchev–Trinajstić information content (AvgIpc) is 3.06. The number of fused-ring (bicyclic) bond motifs is 1. The fourth-order valence-electron chi connectivity index (χ4n) is 4.35. The van der Waals surface area contributed by atoms with Gasteiger partial charge < -0.3 is 9.80 Å². The van der Waals surface area contributed by atoms with Gasteiger partial charge in [0.15, 0.2) is 6.54 Å². The van der Waals surface area contributed by atoms with E-state index in [2.05, 4.69) is 30.0 Å². The van der Waals surface area contributed by atoms with Crippen LogP contribution in [-0.4, -0.2) is 48.5 Å². The molecular formula is C20H28N3OS+. The van der Waals surface area contributed by atoms with Crippen LogP contribution in [-0.2, 0) is 4.79 Å². The topological polar surface area (TPSA) is 37.6 Å². The number of benzene rings is 1. The highest BCUT2D eigenvalue weighted by atomic mass is 32.1. The van der Waals surface area contributed by atoms with Gasteiger partial charge in [0.25, 0.3) is 5.91 Å². The number of quaternary nitrogens is 1. The molecule has 1 N–H and O–H groups in total. The molecule has 25 heavy (non-hydrogen) atoms. The Labute approximate surface area is 153 Å². The fraction of sp³-hybridized carbons (Fsp3) is 0.600. The molecule has 0 radical (unpaired) electrons. The van der Waals surface area contributed by atoms with Crippen LogP contribution in [0.4, 0.5) is 0 Å². The van der Waals surface area contributed by atoms with Crippen LogP contribution >= 0.6 is 11.3 Å². The van der Waals surface area contributed by atoms with Crippen molar-refractivity contribution < 1.29 is 9.69 Å². The minimum absolute atomic E-state index is 0.343. The van der Waals surface area contributed by atoms with Crippen LogP contribution in [0, 0.1) is 5.92 Å². The summed E-state index contributed by atoms with van der Waals surface area (Å²) in [5.74, 6) is 1.51. The van der Waals surface area contributed by atoms with Crippen LogP contribution in [0.2, 0.25) is 0 Å². The van der Waals surface area contributed by atoms with Crippen LogP contribution < -0.4 is 4.90 Å². The van der Waals surface area contributed by atoms with E-state index in [4.69, 9.17) is 4.98 Å². The molecule has 4 rings (SSSR count). The number of likely N-dealkylation sites (tertiary alicyclic amines) is 2. The summed E-state index contributed by atoms with van der Waals surface area (Å²) < 4.78 is 1.26. The molecule has 1 amide bonds. The third-order valence-corrected chi connectivity index (χ3v) is 6.90. The molecule has 3 heterocycles. The molecule has 0 spiro atoms. The summed E-state index contributed by atoms with van der Waals surface area (Å²) >= 11 is 1.80. The monoisotopic (exact) mass is 358 g/mol. The largest absolute Gasteiger partial charge is 0.337 e. The molecule has 0 saturated carbocycles. The number of aromatic nitrogens is 1. The van der Waals surface area contributed by atoms with Gasteiger partial charge in [-0.1, -0.05) is 19.1 Å². The smallest absolute Gasteiger partial charge is 0.277 e. The van der Waals surface area contributed by atoms with Crippen LogP contribution in [0.1, 0.15) is 43.5 Å². The zero-order valence-corrected chi connectivity index (χ0v) is 15.9. The first-order valence-electron chi connectivity index (χ1n) is 9.66. The van der Waals surface area contributed by atoms with Crippen LogP contribution in [0.3, 0.4) is 0 Å². The summed E-state index contributed by atoms with van der Waals surface area (Å²) in [5, 5.41) is 1.21. The van der Waals surface area contributed by atoms with Crippen molar-refractivity contribution in [1.29, 1.82) is 0 Å². The van der Waals surface area contributed by atoms with Gasteiger partial charge in [0, 0.05) is 24.9 Å². The van der Waals surface area contributed by atoms with Gasteiger partial charge in [0.1, 0.15) is 0 Å². The van der Waals surface area contributed by atoms with E-state index in [-0.39, 0.29) is 0 Å². The number of rotatable bonds is 3. The quantitative estimate of drug-likeness (QED) is 0.914. The molecule has 134 valence electrons. The number of carbonyl (C=O) groups is 1. The summed E-state index contributed by atoms with van der Waals surface area (Å²) in [4.78, 5) is 21.2. The zero-order valence-electron chi connectivity index (χ0n) is 15.0. The van der Waals surface area contributed by atoms with Crippen LogP contribution in [0.15, 0.2) is 24.3 Å². The van der Waals surface area contributed by atoms with E-state index in [1.54, 1.807) is 11.3 Å². The average molecular weight is 359 g/mol. The first-order valence-corrected chi connectivity index (χ1v) is 10.5. The summed E-state index contributed by atoms with van der Waals surface area (Å²) in [7, 11) is 0. The number of hydrogen-bond donors (Lipinski definition) is 1. The second-order valence-corrected chi connectivity index (χ2v) is 8.89. The van der Waals surface area contributed by atoms with E-state index in [0.717, 1.165) is 50.5 Å². The van der Waals surface area contributed by atoms with Gasteiger partial charge in [-0.2, -0.15) is 0 Å². The molecule has 1 aromatic carbocycles. The Kier molecular flexibility index (Phi) is 5.04. The number of piperidine rings is 2. The van der Waals surface area contributed by atoms with E-state index in [1.807, 2.05) is 6.07 Å². The molecule has 2 fully saturated rings. The SMILES string of the molecule is C[C@H]1CCC[NH+](CC(=O)N2CCC[C@H](c3nc4ccccc4s3)C2)C1. The molecular weight excluding hydrogens is 330 g/mol. The summed E-state index contributed by atoms with van der Waals surface area (Å²) in [6.07, 6.45) is 4.83. The molecule has 2 aliphatic rings. The van der Waals surface area contributed by atoms with Crippen molar-refractivity contribution in [3.8, 4) is 0 Å². The molecule has 1 aromatic heterocycles. The number of hydrogen-bond acceptors (Lipinski definition) is 3. The lowest BCUT2D eigenvalue weighted by Gasteiger charge is -2.34. The molecule has 2 aromatic rings. The first kappa shape index (κ1) is 17.0. The van der Waals surface area contributed by atoms with Gasteiger partial charge in [-0.25, -0.2) is 4.98 Å². The second kappa shape index (κ2) is 7.42. The van der Waals surface area contributed by atoms with E-state index in [9.17, 15) is 4.79 Å². The number of thiazole rings is 1.